The van der Waals surface area contributed by atoms with Crippen molar-refractivity contribution in [2.75, 3.05) is 10.6 Å². The summed E-state index contributed by atoms with van der Waals surface area (Å²) in [5.74, 6) is -0.303. The summed E-state index contributed by atoms with van der Waals surface area (Å²) in [5.41, 5.74) is 1.36. The van der Waals surface area contributed by atoms with E-state index in [1.165, 1.54) is 12.4 Å². The fourth-order valence-electron chi connectivity index (χ4n) is 2.21. The van der Waals surface area contributed by atoms with E-state index in [9.17, 15) is 9.59 Å². The van der Waals surface area contributed by atoms with Crippen LogP contribution in [-0.2, 0) is 10.2 Å². The molecule has 1 aromatic carbocycles. The van der Waals surface area contributed by atoms with Gasteiger partial charge in [-0.15, -0.1) is 5.10 Å². The molecule has 0 bridgehead atoms. The number of benzene rings is 1. The average Bonchev–Trinajstić information content (AvgIpc) is 2.69. The van der Waals surface area contributed by atoms with Crippen LogP contribution < -0.4 is 10.6 Å². The molecule has 106 valence electrons. The van der Waals surface area contributed by atoms with Crippen LogP contribution in [0.2, 0.25) is 0 Å². The molecule has 7 heteroatoms. The number of amides is 2. The summed E-state index contributed by atoms with van der Waals surface area (Å²) < 4.78 is 0. The maximum absolute atomic E-state index is 12.1. The third-order valence-electron chi connectivity index (χ3n) is 3.48. The normalized spacial score (nSPS) is 15.2. The summed E-state index contributed by atoms with van der Waals surface area (Å²) in [7, 11) is 0. The minimum absolute atomic E-state index is 0.0781. The van der Waals surface area contributed by atoms with E-state index in [0.717, 1.165) is 5.56 Å². The highest BCUT2D eigenvalue weighted by Gasteiger charge is 2.38. The van der Waals surface area contributed by atoms with Gasteiger partial charge in [0.1, 0.15) is 0 Å². The molecule has 0 radical (unpaired) electrons. The highest BCUT2D eigenvalue weighted by atomic mass is 16.2. The highest BCUT2D eigenvalue weighted by Crippen LogP contribution is 2.37. The SMILES string of the molecule is CC1(C)C(=O)Nc2cc(C(=O)Nc3nccnn3)ccc21. The Bertz CT molecular complexity index is 727. The molecule has 0 atom stereocenters. The van der Waals surface area contributed by atoms with Gasteiger partial charge < -0.3 is 5.32 Å². The average molecular weight is 283 g/mol. The Labute approximate surface area is 120 Å². The standard InChI is InChI=1S/C14H13N5O2/c1-14(2)9-4-3-8(7-10(9)17-12(14)21)11(20)18-13-15-5-6-16-19-13/h3-7H,1-2H3,(H,17,21)(H,15,18,19,20). The molecule has 3 rings (SSSR count). The first-order valence-corrected chi connectivity index (χ1v) is 6.39. The van der Waals surface area contributed by atoms with Gasteiger partial charge in [-0.1, -0.05) is 6.07 Å². The van der Waals surface area contributed by atoms with Crippen molar-refractivity contribution in [3.05, 3.63) is 41.7 Å². The summed E-state index contributed by atoms with van der Waals surface area (Å²) in [5, 5.41) is 12.7. The number of nitrogens with zero attached hydrogens (tertiary/aromatic N) is 3. The zero-order chi connectivity index (χ0) is 15.0. The number of hydrogen-bond acceptors (Lipinski definition) is 5. The van der Waals surface area contributed by atoms with Gasteiger partial charge in [-0.3, -0.25) is 14.9 Å². The maximum Gasteiger partial charge on any atom is 0.258 e. The van der Waals surface area contributed by atoms with Gasteiger partial charge in [-0.25, -0.2) is 4.98 Å². The number of rotatable bonds is 2. The number of carbonyl (C=O) groups excluding carboxylic acids is 2. The first-order chi connectivity index (χ1) is 9.98. The lowest BCUT2D eigenvalue weighted by Gasteiger charge is -2.14. The molecule has 2 N–H and O–H groups in total. The molecule has 1 aliphatic rings. The maximum atomic E-state index is 12.1. The van der Waals surface area contributed by atoms with E-state index in [1.54, 1.807) is 18.2 Å². The molecule has 2 aromatic rings. The van der Waals surface area contributed by atoms with Crippen LogP contribution in [0, 0.1) is 0 Å². The molecule has 0 saturated heterocycles. The summed E-state index contributed by atoms with van der Waals surface area (Å²) >= 11 is 0. The topological polar surface area (TPSA) is 96.9 Å². The molecule has 2 amide bonds. The van der Waals surface area contributed by atoms with Crippen molar-refractivity contribution < 1.29 is 9.59 Å². The molecule has 0 saturated carbocycles. The molecule has 0 unspecified atom stereocenters. The second-order valence-electron chi connectivity index (χ2n) is 5.26. The zero-order valence-electron chi connectivity index (χ0n) is 11.5. The van der Waals surface area contributed by atoms with E-state index in [1.807, 2.05) is 13.8 Å². The molecular weight excluding hydrogens is 270 g/mol. The van der Waals surface area contributed by atoms with Crippen molar-refractivity contribution >= 4 is 23.5 Å². The summed E-state index contributed by atoms with van der Waals surface area (Å²) in [6.07, 6.45) is 2.86. The molecule has 0 fully saturated rings. The zero-order valence-corrected chi connectivity index (χ0v) is 11.5. The van der Waals surface area contributed by atoms with Crippen molar-refractivity contribution in [2.24, 2.45) is 0 Å². The van der Waals surface area contributed by atoms with Crippen molar-refractivity contribution in [1.82, 2.24) is 15.2 Å². The Balaban J connectivity index is 1.87. The second-order valence-corrected chi connectivity index (χ2v) is 5.26. The van der Waals surface area contributed by atoms with Gasteiger partial charge in [0.2, 0.25) is 11.9 Å². The van der Waals surface area contributed by atoms with Crippen LogP contribution in [0.15, 0.2) is 30.6 Å². The first kappa shape index (κ1) is 13.2. The Morgan fingerprint density at radius 1 is 1.29 bits per heavy atom. The molecule has 21 heavy (non-hydrogen) atoms. The second kappa shape index (κ2) is 4.62. The summed E-state index contributed by atoms with van der Waals surface area (Å²) in [6.45, 7) is 3.69. The molecule has 7 nitrogen and oxygen atoms in total. The van der Waals surface area contributed by atoms with Crippen molar-refractivity contribution in [1.29, 1.82) is 0 Å². The Kier molecular flexibility index (Phi) is 2.90. The number of fused-ring (bicyclic) bond motifs is 1. The third-order valence-corrected chi connectivity index (χ3v) is 3.48. The Morgan fingerprint density at radius 3 is 2.81 bits per heavy atom. The van der Waals surface area contributed by atoms with Crippen LogP contribution in [0.3, 0.4) is 0 Å². The fourth-order valence-corrected chi connectivity index (χ4v) is 2.21. The van der Waals surface area contributed by atoms with E-state index in [2.05, 4.69) is 25.8 Å². The monoisotopic (exact) mass is 283 g/mol. The number of aromatic nitrogens is 3. The van der Waals surface area contributed by atoms with Crippen LogP contribution >= 0.6 is 0 Å². The van der Waals surface area contributed by atoms with Crippen molar-refractivity contribution in [3.63, 3.8) is 0 Å². The number of nitrogens with one attached hydrogen (secondary N) is 2. The van der Waals surface area contributed by atoms with Gasteiger partial charge in [0.05, 0.1) is 17.8 Å². The van der Waals surface area contributed by atoms with Gasteiger partial charge in [0.15, 0.2) is 0 Å². The molecule has 1 aliphatic heterocycles. The van der Waals surface area contributed by atoms with Crippen LogP contribution in [0.4, 0.5) is 11.6 Å². The number of carbonyl (C=O) groups is 2. The van der Waals surface area contributed by atoms with Gasteiger partial charge >= 0.3 is 0 Å². The summed E-state index contributed by atoms with van der Waals surface area (Å²) in [6, 6.07) is 5.10. The van der Waals surface area contributed by atoms with Crippen LogP contribution in [0.5, 0.6) is 0 Å². The predicted octanol–water partition coefficient (Wildman–Crippen LogP) is 1.35. The molecule has 0 aliphatic carbocycles. The van der Waals surface area contributed by atoms with Gasteiger partial charge in [-0.05, 0) is 31.5 Å². The molecule has 0 spiro atoms. The van der Waals surface area contributed by atoms with E-state index in [0.29, 0.717) is 11.3 Å². The largest absolute Gasteiger partial charge is 0.325 e. The van der Waals surface area contributed by atoms with Crippen molar-refractivity contribution in [2.45, 2.75) is 19.3 Å². The Hall–Kier alpha value is -2.83. The Morgan fingerprint density at radius 2 is 2.10 bits per heavy atom. The van der Waals surface area contributed by atoms with Crippen LogP contribution in [-0.4, -0.2) is 27.0 Å². The molecular formula is C14H13N5O2. The van der Waals surface area contributed by atoms with Crippen LogP contribution in [0.25, 0.3) is 0 Å². The van der Waals surface area contributed by atoms with Crippen molar-refractivity contribution in [3.8, 4) is 0 Å². The minimum atomic E-state index is -0.587. The predicted molar refractivity (Wildman–Crippen MR) is 75.9 cm³/mol. The fraction of sp³-hybridized carbons (Fsp3) is 0.214. The van der Waals surface area contributed by atoms with E-state index in [-0.39, 0.29) is 17.8 Å². The summed E-state index contributed by atoms with van der Waals surface area (Å²) in [4.78, 5) is 27.9. The lowest BCUT2D eigenvalue weighted by Crippen LogP contribution is -2.26. The van der Waals surface area contributed by atoms with E-state index in [4.69, 9.17) is 0 Å². The third kappa shape index (κ3) is 2.22. The number of anilines is 2. The molecule has 1 aromatic heterocycles. The van der Waals surface area contributed by atoms with E-state index >= 15 is 0 Å². The minimum Gasteiger partial charge on any atom is -0.325 e. The quantitative estimate of drug-likeness (QED) is 0.867. The lowest BCUT2D eigenvalue weighted by atomic mass is 9.86. The van der Waals surface area contributed by atoms with Crippen LogP contribution in [0.1, 0.15) is 29.8 Å². The smallest absolute Gasteiger partial charge is 0.258 e. The molecule has 2 heterocycles. The first-order valence-electron chi connectivity index (χ1n) is 6.39. The highest BCUT2D eigenvalue weighted by molar-refractivity contribution is 6.09. The van der Waals surface area contributed by atoms with E-state index < -0.39 is 5.41 Å². The lowest BCUT2D eigenvalue weighted by molar-refractivity contribution is -0.119. The van der Waals surface area contributed by atoms with Gasteiger partial charge in [-0.2, -0.15) is 5.10 Å². The number of hydrogen-bond donors (Lipinski definition) is 2. The van der Waals surface area contributed by atoms with Gasteiger partial charge in [0.25, 0.3) is 5.91 Å². The van der Waals surface area contributed by atoms with Gasteiger partial charge in [0, 0.05) is 11.3 Å².